The molecule has 1 heterocycles. The second kappa shape index (κ2) is 4.55. The van der Waals surface area contributed by atoms with Gasteiger partial charge in [0.15, 0.2) is 0 Å². The molecule has 0 saturated heterocycles. The standard InChI is InChI=1S/C9H13N3O2/c1-4-8(13)14-12-9-10-6(2)5-7(3)11-9/h5H,4H2,1-3H3,(H,10,11,12). The summed E-state index contributed by atoms with van der Waals surface area (Å²) in [4.78, 5) is 23.6. The van der Waals surface area contributed by atoms with Crippen molar-refractivity contribution in [3.8, 4) is 0 Å². The Balaban J connectivity index is 2.63. The van der Waals surface area contributed by atoms with E-state index in [-0.39, 0.29) is 5.97 Å². The van der Waals surface area contributed by atoms with E-state index in [9.17, 15) is 4.79 Å². The maximum Gasteiger partial charge on any atom is 0.331 e. The molecule has 0 aliphatic carbocycles. The summed E-state index contributed by atoms with van der Waals surface area (Å²) in [7, 11) is 0. The third-order valence-electron chi connectivity index (χ3n) is 1.53. The van der Waals surface area contributed by atoms with Gasteiger partial charge in [0.1, 0.15) is 0 Å². The van der Waals surface area contributed by atoms with Crippen molar-refractivity contribution < 1.29 is 9.63 Å². The number of anilines is 1. The van der Waals surface area contributed by atoms with Crippen LogP contribution in [0.25, 0.3) is 0 Å². The summed E-state index contributed by atoms with van der Waals surface area (Å²) in [5.41, 5.74) is 4.06. The Bertz CT molecular complexity index is 319. The highest BCUT2D eigenvalue weighted by Gasteiger charge is 2.02. The van der Waals surface area contributed by atoms with E-state index in [0.717, 1.165) is 11.4 Å². The molecular formula is C9H13N3O2. The van der Waals surface area contributed by atoms with Crippen LogP contribution < -0.4 is 5.48 Å². The van der Waals surface area contributed by atoms with E-state index in [1.165, 1.54) is 0 Å². The molecule has 0 amide bonds. The number of hydrogen-bond acceptors (Lipinski definition) is 5. The minimum Gasteiger partial charge on any atom is -0.341 e. The Morgan fingerprint density at radius 3 is 2.50 bits per heavy atom. The lowest BCUT2D eigenvalue weighted by Gasteiger charge is -2.05. The third-order valence-corrected chi connectivity index (χ3v) is 1.53. The summed E-state index contributed by atoms with van der Waals surface area (Å²) in [5.74, 6) is -0.0305. The number of nitrogens with one attached hydrogen (secondary N) is 1. The SMILES string of the molecule is CCC(=O)ONc1nc(C)cc(C)n1. The Labute approximate surface area is 82.5 Å². The molecule has 0 saturated carbocycles. The lowest BCUT2D eigenvalue weighted by molar-refractivity contribution is -0.140. The Morgan fingerprint density at radius 2 is 2.00 bits per heavy atom. The lowest BCUT2D eigenvalue weighted by atomic mass is 10.4. The highest BCUT2D eigenvalue weighted by Crippen LogP contribution is 2.03. The van der Waals surface area contributed by atoms with Crippen LogP contribution in [0, 0.1) is 13.8 Å². The van der Waals surface area contributed by atoms with Gasteiger partial charge in [-0.15, -0.1) is 0 Å². The second-order valence-electron chi connectivity index (χ2n) is 2.90. The zero-order chi connectivity index (χ0) is 10.6. The molecule has 0 radical (unpaired) electrons. The van der Waals surface area contributed by atoms with Crippen molar-refractivity contribution >= 4 is 11.9 Å². The molecule has 1 rings (SSSR count). The van der Waals surface area contributed by atoms with Crippen LogP contribution in [0.2, 0.25) is 0 Å². The van der Waals surface area contributed by atoms with Gasteiger partial charge in [0.05, 0.1) is 0 Å². The van der Waals surface area contributed by atoms with Gasteiger partial charge in [-0.05, 0) is 19.9 Å². The van der Waals surface area contributed by atoms with Gasteiger partial charge < -0.3 is 4.84 Å². The van der Waals surface area contributed by atoms with Crippen molar-refractivity contribution in [3.63, 3.8) is 0 Å². The van der Waals surface area contributed by atoms with Crippen LogP contribution >= 0.6 is 0 Å². The van der Waals surface area contributed by atoms with Gasteiger partial charge in [-0.2, -0.15) is 5.48 Å². The van der Waals surface area contributed by atoms with Gasteiger partial charge in [0.2, 0.25) is 0 Å². The molecule has 0 fully saturated rings. The normalized spacial score (nSPS) is 9.64. The quantitative estimate of drug-likeness (QED) is 0.738. The monoisotopic (exact) mass is 195 g/mol. The number of carbonyl (C=O) groups is 1. The molecule has 0 aliphatic heterocycles. The first-order valence-corrected chi connectivity index (χ1v) is 4.39. The fraction of sp³-hybridized carbons (Fsp3) is 0.444. The van der Waals surface area contributed by atoms with Crippen LogP contribution in [0.5, 0.6) is 0 Å². The first kappa shape index (κ1) is 10.4. The Morgan fingerprint density at radius 1 is 1.43 bits per heavy atom. The van der Waals surface area contributed by atoms with Gasteiger partial charge in [0.25, 0.3) is 5.95 Å². The molecule has 1 aromatic heterocycles. The van der Waals surface area contributed by atoms with E-state index in [4.69, 9.17) is 0 Å². The van der Waals surface area contributed by atoms with Gasteiger partial charge in [-0.1, -0.05) is 6.92 Å². The van der Waals surface area contributed by atoms with Gasteiger partial charge in [0, 0.05) is 17.8 Å². The fourth-order valence-corrected chi connectivity index (χ4v) is 0.946. The van der Waals surface area contributed by atoms with Crippen LogP contribution in [-0.2, 0) is 9.63 Å². The molecule has 0 spiro atoms. The second-order valence-corrected chi connectivity index (χ2v) is 2.90. The van der Waals surface area contributed by atoms with Crippen molar-refractivity contribution in [2.75, 3.05) is 5.48 Å². The summed E-state index contributed by atoms with van der Waals surface area (Å²) in [5, 5.41) is 0. The fourth-order valence-electron chi connectivity index (χ4n) is 0.946. The maximum atomic E-state index is 10.8. The van der Waals surface area contributed by atoms with Crippen molar-refractivity contribution in [2.24, 2.45) is 0 Å². The van der Waals surface area contributed by atoms with Crippen LogP contribution in [-0.4, -0.2) is 15.9 Å². The molecular weight excluding hydrogens is 182 g/mol. The molecule has 14 heavy (non-hydrogen) atoms. The van der Waals surface area contributed by atoms with E-state index in [1.54, 1.807) is 6.92 Å². The smallest absolute Gasteiger partial charge is 0.331 e. The van der Waals surface area contributed by atoms with E-state index in [1.807, 2.05) is 19.9 Å². The van der Waals surface area contributed by atoms with Crippen LogP contribution in [0.1, 0.15) is 24.7 Å². The van der Waals surface area contributed by atoms with Crippen LogP contribution in [0.15, 0.2) is 6.07 Å². The molecule has 1 aromatic rings. The molecule has 1 N–H and O–H groups in total. The minimum absolute atomic E-state index is 0.310. The van der Waals surface area contributed by atoms with Gasteiger partial charge >= 0.3 is 5.97 Å². The number of carbonyl (C=O) groups excluding carboxylic acids is 1. The predicted molar refractivity (Wildman–Crippen MR) is 51.5 cm³/mol. The van der Waals surface area contributed by atoms with Gasteiger partial charge in [-0.3, -0.25) is 0 Å². The largest absolute Gasteiger partial charge is 0.341 e. The maximum absolute atomic E-state index is 10.8. The molecule has 76 valence electrons. The average Bonchev–Trinajstić information content (AvgIpc) is 2.12. The van der Waals surface area contributed by atoms with Crippen LogP contribution in [0.3, 0.4) is 0 Å². The summed E-state index contributed by atoms with van der Waals surface area (Å²) >= 11 is 0. The van der Waals surface area contributed by atoms with E-state index in [2.05, 4.69) is 20.3 Å². The Kier molecular flexibility index (Phi) is 3.39. The van der Waals surface area contributed by atoms with Crippen molar-refractivity contribution in [2.45, 2.75) is 27.2 Å². The third kappa shape index (κ3) is 3.01. The van der Waals surface area contributed by atoms with E-state index in [0.29, 0.717) is 12.4 Å². The van der Waals surface area contributed by atoms with Crippen molar-refractivity contribution in [1.29, 1.82) is 0 Å². The van der Waals surface area contributed by atoms with Crippen molar-refractivity contribution in [1.82, 2.24) is 9.97 Å². The lowest BCUT2D eigenvalue weighted by Crippen LogP contribution is -2.11. The first-order chi connectivity index (χ1) is 6.61. The molecule has 0 unspecified atom stereocenters. The summed E-state index contributed by atoms with van der Waals surface area (Å²) in [6, 6.07) is 1.84. The number of aryl methyl sites for hydroxylation is 2. The number of hydrogen-bond donors (Lipinski definition) is 1. The average molecular weight is 195 g/mol. The number of rotatable bonds is 3. The summed E-state index contributed by atoms with van der Waals surface area (Å²) in [6.45, 7) is 5.41. The highest BCUT2D eigenvalue weighted by molar-refractivity contribution is 5.69. The Hall–Kier alpha value is -1.65. The molecule has 5 heteroatoms. The molecule has 0 atom stereocenters. The number of nitrogens with zero attached hydrogens (tertiary/aromatic N) is 2. The molecule has 0 aliphatic rings. The minimum atomic E-state index is -0.340. The number of aromatic nitrogens is 2. The van der Waals surface area contributed by atoms with Gasteiger partial charge in [-0.25, -0.2) is 14.8 Å². The van der Waals surface area contributed by atoms with E-state index < -0.39 is 0 Å². The molecule has 0 aromatic carbocycles. The molecule has 0 bridgehead atoms. The highest BCUT2D eigenvalue weighted by atomic mass is 16.7. The topological polar surface area (TPSA) is 64.1 Å². The summed E-state index contributed by atoms with van der Waals surface area (Å²) in [6.07, 6.45) is 0.317. The predicted octanol–water partition coefficient (Wildman–Crippen LogP) is 1.37. The summed E-state index contributed by atoms with van der Waals surface area (Å²) < 4.78 is 0. The van der Waals surface area contributed by atoms with E-state index >= 15 is 0 Å². The molecule has 5 nitrogen and oxygen atoms in total. The zero-order valence-electron chi connectivity index (χ0n) is 8.50. The van der Waals surface area contributed by atoms with Crippen molar-refractivity contribution in [3.05, 3.63) is 17.5 Å². The van der Waals surface area contributed by atoms with Crippen LogP contribution in [0.4, 0.5) is 5.95 Å². The zero-order valence-corrected chi connectivity index (χ0v) is 8.50. The first-order valence-electron chi connectivity index (χ1n) is 4.39.